The topological polar surface area (TPSA) is 73.3 Å². The molecule has 24 heavy (non-hydrogen) atoms. The summed E-state index contributed by atoms with van der Waals surface area (Å²) >= 11 is 3.43. The van der Waals surface area contributed by atoms with Crippen molar-refractivity contribution in [2.45, 2.75) is 39.3 Å². The van der Waals surface area contributed by atoms with E-state index in [4.69, 9.17) is 9.47 Å². The van der Waals surface area contributed by atoms with Gasteiger partial charge < -0.3 is 19.0 Å². The van der Waals surface area contributed by atoms with Crippen molar-refractivity contribution in [3.8, 4) is 0 Å². The van der Waals surface area contributed by atoms with Crippen LogP contribution in [-0.2, 0) is 16.2 Å². The van der Waals surface area contributed by atoms with E-state index in [1.807, 2.05) is 0 Å². The van der Waals surface area contributed by atoms with E-state index in [9.17, 15) is 9.59 Å². The summed E-state index contributed by atoms with van der Waals surface area (Å²) < 4.78 is 13.3. The molecular weight excluding hydrogens is 392 g/mol. The highest BCUT2D eigenvalue weighted by Gasteiger charge is 2.20. The molecule has 6 nitrogen and oxygen atoms in total. The molecule has 2 rings (SSSR count). The van der Waals surface area contributed by atoms with Crippen molar-refractivity contribution in [1.82, 2.24) is 9.55 Å². The van der Waals surface area contributed by atoms with E-state index in [1.54, 1.807) is 23.8 Å². The first kappa shape index (κ1) is 18.9. The highest BCUT2D eigenvalue weighted by Crippen LogP contribution is 2.25. The molecule has 0 radical (unpaired) electrons. The molecule has 2 aromatic heterocycles. The predicted molar refractivity (Wildman–Crippen MR) is 100 cm³/mol. The van der Waals surface area contributed by atoms with Gasteiger partial charge in [0.15, 0.2) is 0 Å². The van der Waals surface area contributed by atoms with E-state index in [0.717, 1.165) is 6.04 Å². The summed E-state index contributed by atoms with van der Waals surface area (Å²) in [5.41, 5.74) is 0.701. The molecule has 132 valence electrons. The largest absolute Gasteiger partial charge is 0.461 e. The lowest BCUT2D eigenvalue weighted by molar-refractivity contribution is 0.0477. The van der Waals surface area contributed by atoms with Crippen molar-refractivity contribution in [3.05, 3.63) is 32.8 Å². The minimum absolute atomic E-state index is 0.199. The summed E-state index contributed by atoms with van der Waals surface area (Å²) in [4.78, 5) is 26.9. The molecule has 0 spiro atoms. The van der Waals surface area contributed by atoms with Crippen LogP contribution in [0.3, 0.4) is 0 Å². The average Bonchev–Trinajstić information content (AvgIpc) is 2.88. The first-order valence-corrected chi connectivity index (χ1v) is 12.4. The van der Waals surface area contributed by atoms with Crippen LogP contribution < -0.4 is 5.56 Å². The zero-order valence-corrected chi connectivity index (χ0v) is 17.0. The Bertz CT molecular complexity index is 792. The van der Waals surface area contributed by atoms with Crippen molar-refractivity contribution in [3.63, 3.8) is 0 Å². The highest BCUT2D eigenvalue weighted by molar-refractivity contribution is 9.10. The molecule has 0 saturated carbocycles. The van der Waals surface area contributed by atoms with Gasteiger partial charge in [-0.15, -0.1) is 0 Å². The van der Waals surface area contributed by atoms with Gasteiger partial charge in [-0.1, -0.05) is 19.6 Å². The van der Waals surface area contributed by atoms with Crippen LogP contribution in [0.1, 0.15) is 17.4 Å². The Labute approximate surface area is 150 Å². The van der Waals surface area contributed by atoms with Crippen molar-refractivity contribution < 1.29 is 14.3 Å². The number of nitrogens with one attached hydrogen (secondary N) is 1. The predicted octanol–water partition coefficient (Wildman–Crippen LogP) is 3.58. The minimum Gasteiger partial charge on any atom is -0.461 e. The van der Waals surface area contributed by atoms with Gasteiger partial charge in [0, 0.05) is 20.9 Å². The Balaban J connectivity index is 2.37. The van der Waals surface area contributed by atoms with E-state index in [1.165, 1.54) is 0 Å². The molecule has 0 aliphatic carbocycles. The quantitative estimate of drug-likeness (QED) is 0.426. The van der Waals surface area contributed by atoms with Gasteiger partial charge in [0.1, 0.15) is 12.4 Å². The van der Waals surface area contributed by atoms with Crippen LogP contribution in [-0.4, -0.2) is 36.8 Å². The summed E-state index contributed by atoms with van der Waals surface area (Å²) in [6.45, 7) is 9.68. The van der Waals surface area contributed by atoms with Crippen molar-refractivity contribution >= 4 is 40.9 Å². The van der Waals surface area contributed by atoms with Crippen LogP contribution in [0.15, 0.2) is 21.5 Å². The Hall–Kier alpha value is -1.38. The van der Waals surface area contributed by atoms with Gasteiger partial charge in [0.2, 0.25) is 0 Å². The summed E-state index contributed by atoms with van der Waals surface area (Å²) in [7, 11) is -1.19. The standard InChI is InChI=1S/C16H23BrN2O4Si/c1-5-23-16(21)13-8-11-14(12(17)9-18-15(11)20)19(13)10-22-6-7-24(2,3)4/h8-9H,5-7,10H2,1-4H3,(H,18,20). The fourth-order valence-electron chi connectivity index (χ4n) is 2.30. The van der Waals surface area contributed by atoms with Crippen molar-refractivity contribution in [2.75, 3.05) is 13.2 Å². The average molecular weight is 415 g/mol. The Morgan fingerprint density at radius 1 is 1.38 bits per heavy atom. The maximum Gasteiger partial charge on any atom is 0.355 e. The monoisotopic (exact) mass is 414 g/mol. The first-order valence-electron chi connectivity index (χ1n) is 7.90. The smallest absolute Gasteiger partial charge is 0.355 e. The molecule has 2 aromatic rings. The van der Waals surface area contributed by atoms with Crippen LogP contribution in [0.5, 0.6) is 0 Å². The Morgan fingerprint density at radius 3 is 2.71 bits per heavy atom. The third-order valence-corrected chi connectivity index (χ3v) is 5.91. The third kappa shape index (κ3) is 4.37. The summed E-state index contributed by atoms with van der Waals surface area (Å²) in [6, 6.07) is 2.58. The van der Waals surface area contributed by atoms with Gasteiger partial charge in [-0.05, 0) is 35.0 Å². The van der Waals surface area contributed by atoms with Gasteiger partial charge in [-0.3, -0.25) is 4.79 Å². The van der Waals surface area contributed by atoms with Crippen LogP contribution in [0.25, 0.3) is 10.9 Å². The molecule has 8 heteroatoms. The number of rotatable bonds is 7. The molecule has 0 aliphatic rings. The van der Waals surface area contributed by atoms with Crippen LogP contribution in [0.4, 0.5) is 0 Å². The van der Waals surface area contributed by atoms with Crippen LogP contribution in [0, 0.1) is 0 Å². The molecule has 0 unspecified atom stereocenters. The molecule has 0 fully saturated rings. The Kier molecular flexibility index (Phi) is 6.05. The SMILES string of the molecule is CCOC(=O)c1cc2c(=O)[nH]cc(Br)c2n1COCC[Si](C)(C)C. The summed E-state index contributed by atoms with van der Waals surface area (Å²) in [5.74, 6) is -0.464. The number of esters is 1. The van der Waals surface area contributed by atoms with E-state index < -0.39 is 14.0 Å². The molecule has 0 aliphatic heterocycles. The summed E-state index contributed by atoms with van der Waals surface area (Å²) in [5, 5.41) is 0.432. The highest BCUT2D eigenvalue weighted by atomic mass is 79.9. The number of hydrogen-bond donors (Lipinski definition) is 1. The second-order valence-electron chi connectivity index (χ2n) is 6.75. The normalized spacial score (nSPS) is 11.9. The second-order valence-corrected chi connectivity index (χ2v) is 13.2. The molecule has 0 saturated heterocycles. The number of pyridine rings is 1. The number of aromatic amines is 1. The first-order chi connectivity index (χ1) is 11.2. The number of H-pyrrole nitrogens is 1. The number of nitrogens with zero attached hydrogens (tertiary/aromatic N) is 1. The molecule has 0 aromatic carbocycles. The lowest BCUT2D eigenvalue weighted by Gasteiger charge is -2.16. The number of carbonyl (C=O) groups is 1. The number of ether oxygens (including phenoxy) is 2. The van der Waals surface area contributed by atoms with Crippen LogP contribution in [0.2, 0.25) is 25.7 Å². The number of aromatic nitrogens is 2. The van der Waals surface area contributed by atoms with Gasteiger partial charge in [0.25, 0.3) is 5.56 Å². The number of carbonyl (C=O) groups excluding carboxylic acids is 1. The van der Waals surface area contributed by atoms with E-state index in [0.29, 0.717) is 27.7 Å². The molecule has 2 heterocycles. The minimum atomic E-state index is -1.19. The van der Waals surface area contributed by atoms with Crippen molar-refractivity contribution in [2.24, 2.45) is 0 Å². The van der Waals surface area contributed by atoms with Gasteiger partial charge >= 0.3 is 5.97 Å². The van der Waals surface area contributed by atoms with E-state index >= 15 is 0 Å². The fourth-order valence-corrected chi connectivity index (χ4v) is 3.60. The summed E-state index contributed by atoms with van der Waals surface area (Å²) in [6.07, 6.45) is 1.57. The lowest BCUT2D eigenvalue weighted by atomic mass is 10.3. The zero-order chi connectivity index (χ0) is 17.9. The van der Waals surface area contributed by atoms with Gasteiger partial charge in [-0.25, -0.2) is 4.79 Å². The maximum atomic E-state index is 12.2. The molecule has 0 amide bonds. The maximum absolute atomic E-state index is 12.2. The number of halogens is 1. The van der Waals surface area contributed by atoms with Gasteiger partial charge in [-0.2, -0.15) is 0 Å². The fraction of sp³-hybridized carbons (Fsp3) is 0.500. The lowest BCUT2D eigenvalue weighted by Crippen LogP contribution is -2.22. The molecular formula is C16H23BrN2O4Si. The van der Waals surface area contributed by atoms with E-state index in [2.05, 4.69) is 40.6 Å². The number of fused-ring (bicyclic) bond motifs is 1. The van der Waals surface area contributed by atoms with Crippen LogP contribution >= 0.6 is 15.9 Å². The molecule has 0 bridgehead atoms. The molecule has 1 N–H and O–H groups in total. The van der Waals surface area contributed by atoms with Gasteiger partial charge in [0.05, 0.1) is 22.0 Å². The van der Waals surface area contributed by atoms with E-state index in [-0.39, 0.29) is 18.9 Å². The number of hydrogen-bond acceptors (Lipinski definition) is 4. The van der Waals surface area contributed by atoms with Crippen molar-refractivity contribution in [1.29, 1.82) is 0 Å². The second kappa shape index (κ2) is 7.67. The Morgan fingerprint density at radius 2 is 2.08 bits per heavy atom. The zero-order valence-electron chi connectivity index (χ0n) is 14.4. The third-order valence-electron chi connectivity index (χ3n) is 3.60. The molecule has 0 atom stereocenters.